The zero-order valence-corrected chi connectivity index (χ0v) is 24.4. The van der Waals surface area contributed by atoms with Gasteiger partial charge >= 0.3 is 12.1 Å². The van der Waals surface area contributed by atoms with E-state index in [2.05, 4.69) is 5.32 Å². The van der Waals surface area contributed by atoms with E-state index in [1.54, 1.807) is 0 Å². The minimum atomic E-state index is -0.432. The van der Waals surface area contributed by atoms with E-state index in [4.69, 9.17) is 9.47 Å². The van der Waals surface area contributed by atoms with Crippen LogP contribution >= 0.6 is 0 Å². The second-order valence-electron chi connectivity index (χ2n) is 15.0. The summed E-state index contributed by atoms with van der Waals surface area (Å²) in [7, 11) is 1.36. The summed E-state index contributed by atoms with van der Waals surface area (Å²) in [5.41, 5.74) is 0. The highest BCUT2D eigenvalue weighted by Crippen LogP contribution is 2.72. The number of alkyl carbamates (subject to hydrolysis) is 1. The van der Waals surface area contributed by atoms with E-state index in [0.717, 1.165) is 71.0 Å². The lowest BCUT2D eigenvalue weighted by Gasteiger charge is -2.59. The molecule has 7 rings (SSSR count). The van der Waals surface area contributed by atoms with Crippen LogP contribution in [-0.4, -0.2) is 32.3 Å². The van der Waals surface area contributed by atoms with Gasteiger partial charge in [-0.25, -0.2) is 4.79 Å². The predicted octanol–water partition coefficient (Wildman–Crippen LogP) is 7.23. The third kappa shape index (κ3) is 4.55. The monoisotopic (exact) mass is 539 g/mol. The molecule has 0 saturated heterocycles. The summed E-state index contributed by atoms with van der Waals surface area (Å²) in [4.78, 5) is 24.5. The fourth-order valence-corrected chi connectivity index (χ4v) is 13.1. The average molecular weight is 540 g/mol. The SMILES string of the molecule is COC(=O)CNC(=O)OCC1C2C3CCCCC3C3CCCCC3C2C2C3CCCCC3C3CCCCC3C12. The predicted molar refractivity (Wildman–Crippen MR) is 151 cm³/mol. The summed E-state index contributed by atoms with van der Waals surface area (Å²) < 4.78 is 10.8. The van der Waals surface area contributed by atoms with Gasteiger partial charge in [0.2, 0.25) is 0 Å². The van der Waals surface area contributed by atoms with E-state index in [1.165, 1.54) is 110 Å². The van der Waals surface area contributed by atoms with Gasteiger partial charge in [0.15, 0.2) is 0 Å². The number of ether oxygens (including phenoxy) is 2. The number of carbonyl (C=O) groups is 2. The quantitative estimate of drug-likeness (QED) is 0.383. The van der Waals surface area contributed by atoms with Gasteiger partial charge in [0.25, 0.3) is 0 Å². The van der Waals surface area contributed by atoms with Crippen LogP contribution in [0.2, 0.25) is 0 Å². The Morgan fingerprint density at radius 1 is 0.564 bits per heavy atom. The van der Waals surface area contributed by atoms with Gasteiger partial charge in [-0.15, -0.1) is 0 Å². The molecule has 1 amide bonds. The van der Waals surface area contributed by atoms with Crippen molar-refractivity contribution in [3.63, 3.8) is 0 Å². The van der Waals surface area contributed by atoms with Gasteiger partial charge in [-0.3, -0.25) is 4.79 Å². The van der Waals surface area contributed by atoms with E-state index >= 15 is 0 Å². The van der Waals surface area contributed by atoms with Crippen LogP contribution in [0.3, 0.4) is 0 Å². The Hall–Kier alpha value is -1.26. The fourth-order valence-electron chi connectivity index (χ4n) is 13.1. The fraction of sp³-hybridized carbons (Fsp3) is 0.941. The largest absolute Gasteiger partial charge is 0.468 e. The van der Waals surface area contributed by atoms with E-state index in [1.807, 2.05) is 0 Å². The lowest BCUT2D eigenvalue weighted by Crippen LogP contribution is -2.52. The number of esters is 1. The van der Waals surface area contributed by atoms with Crippen LogP contribution in [0.5, 0.6) is 0 Å². The van der Waals surface area contributed by atoms with E-state index in [0.29, 0.717) is 12.5 Å². The average Bonchev–Trinajstić information content (AvgIpc) is 3.35. The Bertz CT molecular complexity index is 852. The molecule has 0 aromatic carbocycles. The van der Waals surface area contributed by atoms with Crippen molar-refractivity contribution >= 4 is 12.1 Å². The van der Waals surface area contributed by atoms with Crippen molar-refractivity contribution in [3.05, 3.63) is 0 Å². The summed E-state index contributed by atoms with van der Waals surface area (Å²) in [6, 6.07) is 0. The molecule has 7 fully saturated rings. The first kappa shape index (κ1) is 26.6. The molecule has 0 aliphatic heterocycles. The molecule has 218 valence electrons. The van der Waals surface area contributed by atoms with Crippen LogP contribution in [0.25, 0.3) is 0 Å². The van der Waals surface area contributed by atoms with Crippen molar-refractivity contribution in [3.8, 4) is 0 Å². The summed E-state index contributed by atoms with van der Waals surface area (Å²) in [6.07, 6.45) is 22.7. The Labute approximate surface area is 236 Å². The highest BCUT2D eigenvalue weighted by molar-refractivity contribution is 5.77. The maximum atomic E-state index is 12.8. The second-order valence-corrected chi connectivity index (χ2v) is 15.0. The Morgan fingerprint density at radius 3 is 1.31 bits per heavy atom. The molecule has 5 nitrogen and oxygen atoms in total. The number of fused-ring (bicyclic) bond motifs is 13. The molecule has 0 aromatic heterocycles. The van der Waals surface area contributed by atoms with Crippen molar-refractivity contribution < 1.29 is 19.1 Å². The molecule has 0 bridgehead atoms. The van der Waals surface area contributed by atoms with E-state index < -0.39 is 12.1 Å². The Kier molecular flexibility index (Phi) is 7.64. The van der Waals surface area contributed by atoms with Gasteiger partial charge in [0, 0.05) is 0 Å². The van der Waals surface area contributed by atoms with Crippen LogP contribution in [0.1, 0.15) is 103 Å². The maximum absolute atomic E-state index is 12.8. The molecule has 12 unspecified atom stereocenters. The van der Waals surface area contributed by atoms with E-state index in [-0.39, 0.29) is 6.54 Å². The topological polar surface area (TPSA) is 64.6 Å². The molecule has 7 aliphatic carbocycles. The van der Waals surface area contributed by atoms with Gasteiger partial charge in [-0.05, 0) is 128 Å². The van der Waals surface area contributed by atoms with Crippen molar-refractivity contribution in [2.24, 2.45) is 76.9 Å². The lowest BCUT2D eigenvalue weighted by molar-refractivity contribution is -0.139. The molecule has 39 heavy (non-hydrogen) atoms. The molecule has 5 heteroatoms. The summed E-state index contributed by atoms with van der Waals surface area (Å²) >= 11 is 0. The number of carbonyl (C=O) groups excluding carboxylic acids is 2. The molecule has 0 heterocycles. The van der Waals surface area contributed by atoms with Crippen LogP contribution in [-0.2, 0) is 14.3 Å². The molecular weight excluding hydrogens is 486 g/mol. The summed E-state index contributed by atoms with van der Waals surface area (Å²) in [5.74, 6) is 10.7. The molecule has 0 spiro atoms. The number of hydrogen-bond donors (Lipinski definition) is 1. The third-order valence-corrected chi connectivity index (χ3v) is 13.9. The van der Waals surface area contributed by atoms with Crippen LogP contribution in [0, 0.1) is 76.9 Å². The molecule has 0 aromatic rings. The minimum Gasteiger partial charge on any atom is -0.468 e. The lowest BCUT2D eigenvalue weighted by atomic mass is 9.46. The summed E-state index contributed by atoms with van der Waals surface area (Å²) in [6.45, 7) is 0.456. The van der Waals surface area contributed by atoms with Crippen LogP contribution < -0.4 is 5.32 Å². The first-order chi connectivity index (χ1) is 19.2. The van der Waals surface area contributed by atoms with Crippen molar-refractivity contribution in [2.75, 3.05) is 20.3 Å². The molecular formula is C34H53NO4. The number of nitrogens with one attached hydrogen (secondary N) is 1. The molecule has 0 radical (unpaired) electrons. The third-order valence-electron chi connectivity index (χ3n) is 13.9. The highest BCUT2D eigenvalue weighted by atomic mass is 16.6. The molecule has 7 saturated carbocycles. The number of rotatable bonds is 4. The smallest absolute Gasteiger partial charge is 0.407 e. The van der Waals surface area contributed by atoms with Gasteiger partial charge in [0.05, 0.1) is 13.7 Å². The zero-order chi connectivity index (χ0) is 26.5. The van der Waals surface area contributed by atoms with Gasteiger partial charge in [-0.1, -0.05) is 51.4 Å². The zero-order valence-electron chi connectivity index (χ0n) is 24.4. The maximum Gasteiger partial charge on any atom is 0.407 e. The van der Waals surface area contributed by atoms with Crippen molar-refractivity contribution in [2.45, 2.75) is 103 Å². The molecule has 7 aliphatic rings. The normalized spacial score (nSPS) is 48.2. The number of amides is 1. The Balaban J connectivity index is 1.25. The van der Waals surface area contributed by atoms with Crippen molar-refractivity contribution in [1.82, 2.24) is 5.32 Å². The standard InChI is InChI=1S/C34H53NO4/c1-38-29(36)18-35-34(37)39-19-28-30-24-14-6-2-10-20(24)22-12-4-8-16-26(22)32(30)33-27-17-9-5-13-23(27)21-11-3-7-15-25(21)31(28)33/h20-28,30-33H,2-19H2,1H3,(H,35,37). The van der Waals surface area contributed by atoms with Gasteiger partial charge in [-0.2, -0.15) is 0 Å². The number of hydrogen-bond acceptors (Lipinski definition) is 4. The first-order valence-corrected chi connectivity index (χ1v) is 17.1. The second kappa shape index (κ2) is 11.2. The Morgan fingerprint density at radius 2 is 0.923 bits per heavy atom. The van der Waals surface area contributed by atoms with Crippen LogP contribution in [0.4, 0.5) is 4.79 Å². The van der Waals surface area contributed by atoms with Crippen LogP contribution in [0.15, 0.2) is 0 Å². The highest BCUT2D eigenvalue weighted by Gasteiger charge is 2.67. The first-order valence-electron chi connectivity index (χ1n) is 17.1. The molecule has 1 N–H and O–H groups in total. The van der Waals surface area contributed by atoms with Gasteiger partial charge < -0.3 is 14.8 Å². The summed E-state index contributed by atoms with van der Waals surface area (Å²) in [5, 5.41) is 2.67. The van der Waals surface area contributed by atoms with E-state index in [9.17, 15) is 9.59 Å². The van der Waals surface area contributed by atoms with Gasteiger partial charge in [0.1, 0.15) is 6.54 Å². The minimum absolute atomic E-state index is 0.110. The number of methoxy groups -OCH3 is 1. The van der Waals surface area contributed by atoms with Crippen molar-refractivity contribution in [1.29, 1.82) is 0 Å². The molecule has 12 atom stereocenters.